The van der Waals surface area contributed by atoms with Gasteiger partial charge in [-0.05, 0) is 12.8 Å². The van der Waals surface area contributed by atoms with Gasteiger partial charge in [-0.15, -0.1) is 0 Å². The van der Waals surface area contributed by atoms with Crippen LogP contribution < -0.4 is 0 Å². The molecule has 1 aliphatic rings. The maximum atomic E-state index is 10.9. The van der Waals surface area contributed by atoms with E-state index in [2.05, 4.69) is 0 Å². The number of hydrogen-bond acceptors (Lipinski definition) is 2. The van der Waals surface area contributed by atoms with E-state index in [4.69, 9.17) is 5.11 Å². The van der Waals surface area contributed by atoms with Crippen LogP contribution in [-0.2, 0) is 14.7 Å². The van der Waals surface area contributed by atoms with Crippen LogP contribution in [0.4, 0.5) is 0 Å². The molecule has 1 saturated heterocycles. The first kappa shape index (κ1) is 8.99. The van der Waals surface area contributed by atoms with Crippen LogP contribution in [0.25, 0.3) is 0 Å². The first-order valence-corrected chi connectivity index (χ1v) is 3.77. The van der Waals surface area contributed by atoms with Gasteiger partial charge in [0.1, 0.15) is 6.04 Å². The second-order valence-electron chi connectivity index (χ2n) is 2.73. The predicted molar refractivity (Wildman–Crippen MR) is 37.9 cm³/mol. The van der Waals surface area contributed by atoms with Gasteiger partial charge in [-0.1, -0.05) is 0 Å². The predicted octanol–water partition coefficient (Wildman–Crippen LogP) is -0.508. The Kier molecular flexibility index (Phi) is 2.65. The van der Waals surface area contributed by atoms with E-state index in [1.165, 1.54) is 0 Å². The number of carboxylic acids is 1. The van der Waals surface area contributed by atoms with Crippen molar-refractivity contribution < 1.29 is 19.8 Å². The standard InChI is InChI=1S/C7H10NO4/c9-4-6(10)8-3-1-2-5(8)7(11)12/h5H,1-4H2,(H,11,12). The third-order valence-electron chi connectivity index (χ3n) is 1.98. The molecule has 0 saturated carbocycles. The van der Waals surface area contributed by atoms with Crippen molar-refractivity contribution in [1.29, 1.82) is 0 Å². The Balaban J connectivity index is 2.63. The molecular formula is C7H10NO4. The minimum Gasteiger partial charge on any atom is -0.480 e. The summed E-state index contributed by atoms with van der Waals surface area (Å²) in [5.74, 6) is -1.63. The summed E-state index contributed by atoms with van der Waals surface area (Å²) in [5.41, 5.74) is 0. The summed E-state index contributed by atoms with van der Waals surface area (Å²) < 4.78 is 0. The molecule has 5 nitrogen and oxygen atoms in total. The van der Waals surface area contributed by atoms with Crippen LogP contribution in [0.15, 0.2) is 0 Å². The molecule has 1 amide bonds. The van der Waals surface area contributed by atoms with Gasteiger partial charge < -0.3 is 10.0 Å². The van der Waals surface area contributed by atoms with Gasteiger partial charge in [0.25, 0.3) is 5.91 Å². The van der Waals surface area contributed by atoms with Crippen molar-refractivity contribution in [3.8, 4) is 0 Å². The zero-order valence-corrected chi connectivity index (χ0v) is 6.52. The zero-order valence-electron chi connectivity index (χ0n) is 6.52. The van der Waals surface area contributed by atoms with Crippen LogP contribution in [0.5, 0.6) is 0 Å². The highest BCUT2D eigenvalue weighted by Gasteiger charge is 2.33. The summed E-state index contributed by atoms with van der Waals surface area (Å²) >= 11 is 0. The van der Waals surface area contributed by atoms with Crippen molar-refractivity contribution >= 4 is 11.9 Å². The fraction of sp³-hybridized carbons (Fsp3) is 0.714. The Morgan fingerprint density at radius 1 is 1.50 bits per heavy atom. The molecule has 0 spiro atoms. The fourth-order valence-electron chi connectivity index (χ4n) is 1.40. The van der Waals surface area contributed by atoms with Crippen molar-refractivity contribution in [1.82, 2.24) is 4.90 Å². The maximum Gasteiger partial charge on any atom is 0.326 e. The molecule has 1 fully saturated rings. The molecule has 0 bridgehead atoms. The minimum atomic E-state index is -1.02. The number of carbonyl (C=O) groups excluding carboxylic acids is 1. The molecule has 1 heterocycles. The summed E-state index contributed by atoms with van der Waals surface area (Å²) in [6.07, 6.45) is 1.13. The van der Waals surface area contributed by atoms with Crippen molar-refractivity contribution in [3.05, 3.63) is 0 Å². The monoisotopic (exact) mass is 172 g/mol. The van der Waals surface area contributed by atoms with E-state index in [-0.39, 0.29) is 0 Å². The van der Waals surface area contributed by atoms with Gasteiger partial charge in [0, 0.05) is 6.54 Å². The van der Waals surface area contributed by atoms with E-state index < -0.39 is 24.5 Å². The summed E-state index contributed by atoms with van der Waals surface area (Å²) in [6.45, 7) is -0.457. The molecule has 1 N–H and O–H groups in total. The molecule has 1 atom stereocenters. The molecule has 12 heavy (non-hydrogen) atoms. The molecule has 1 rings (SSSR count). The quantitative estimate of drug-likeness (QED) is 0.609. The third-order valence-corrected chi connectivity index (χ3v) is 1.98. The van der Waals surface area contributed by atoms with Crippen molar-refractivity contribution in [2.75, 3.05) is 13.2 Å². The number of likely N-dealkylation sites (tertiary alicyclic amines) is 1. The van der Waals surface area contributed by atoms with Crippen LogP contribution in [0.2, 0.25) is 0 Å². The number of carboxylic acid groups (broad SMARTS) is 1. The molecule has 1 aliphatic heterocycles. The lowest BCUT2D eigenvalue weighted by atomic mass is 10.2. The second-order valence-corrected chi connectivity index (χ2v) is 2.73. The third kappa shape index (κ3) is 1.55. The van der Waals surface area contributed by atoms with E-state index in [1.807, 2.05) is 0 Å². The van der Waals surface area contributed by atoms with Crippen molar-refractivity contribution in [3.63, 3.8) is 0 Å². The van der Waals surface area contributed by atoms with E-state index in [0.717, 1.165) is 4.90 Å². The molecule has 67 valence electrons. The molecule has 1 radical (unpaired) electrons. The van der Waals surface area contributed by atoms with Crippen LogP contribution in [0.3, 0.4) is 0 Å². The Hall–Kier alpha value is -1.10. The van der Waals surface area contributed by atoms with Gasteiger partial charge in [0.05, 0.1) is 0 Å². The fourth-order valence-corrected chi connectivity index (χ4v) is 1.40. The topological polar surface area (TPSA) is 77.5 Å². The lowest BCUT2D eigenvalue weighted by Gasteiger charge is -2.19. The van der Waals surface area contributed by atoms with Crippen molar-refractivity contribution in [2.45, 2.75) is 18.9 Å². The van der Waals surface area contributed by atoms with Crippen LogP contribution >= 0.6 is 0 Å². The van der Waals surface area contributed by atoms with E-state index in [0.29, 0.717) is 19.4 Å². The highest BCUT2D eigenvalue weighted by atomic mass is 16.4. The highest BCUT2D eigenvalue weighted by Crippen LogP contribution is 2.16. The summed E-state index contributed by atoms with van der Waals surface area (Å²) in [6, 6.07) is -0.772. The van der Waals surface area contributed by atoms with Crippen molar-refractivity contribution in [2.24, 2.45) is 0 Å². The first-order valence-electron chi connectivity index (χ1n) is 3.77. The van der Waals surface area contributed by atoms with Gasteiger partial charge in [0.2, 0.25) is 0 Å². The lowest BCUT2D eigenvalue weighted by molar-refractivity contribution is -0.150. The minimum absolute atomic E-state index is 0.401. The molecule has 0 aromatic carbocycles. The summed E-state index contributed by atoms with van der Waals surface area (Å²) in [5, 5.41) is 18.8. The van der Waals surface area contributed by atoms with Crippen LogP contribution in [0.1, 0.15) is 12.8 Å². The Labute approximate surface area is 69.6 Å². The first-order chi connectivity index (χ1) is 5.66. The van der Waals surface area contributed by atoms with Gasteiger partial charge >= 0.3 is 5.97 Å². The number of carbonyl (C=O) groups is 2. The number of amides is 1. The number of nitrogens with zero attached hydrogens (tertiary/aromatic N) is 1. The molecule has 0 aromatic rings. The van der Waals surface area contributed by atoms with Gasteiger partial charge in [-0.25, -0.2) is 9.90 Å². The Morgan fingerprint density at radius 3 is 2.67 bits per heavy atom. The molecule has 1 unspecified atom stereocenters. The highest BCUT2D eigenvalue weighted by molar-refractivity contribution is 5.84. The maximum absolute atomic E-state index is 10.9. The number of hydrogen-bond donors (Lipinski definition) is 1. The molecule has 0 aromatic heterocycles. The smallest absolute Gasteiger partial charge is 0.326 e. The van der Waals surface area contributed by atoms with Gasteiger partial charge in [-0.2, -0.15) is 0 Å². The van der Waals surface area contributed by atoms with Gasteiger partial charge in [-0.3, -0.25) is 4.79 Å². The molecule has 0 aliphatic carbocycles. The normalized spacial score (nSPS) is 22.8. The van der Waals surface area contributed by atoms with E-state index in [9.17, 15) is 14.7 Å². The van der Waals surface area contributed by atoms with E-state index in [1.54, 1.807) is 0 Å². The average Bonchev–Trinajstić information content (AvgIpc) is 2.50. The molecule has 5 heteroatoms. The molecular weight excluding hydrogens is 162 g/mol. The second kappa shape index (κ2) is 3.53. The van der Waals surface area contributed by atoms with E-state index >= 15 is 0 Å². The largest absolute Gasteiger partial charge is 0.480 e. The zero-order chi connectivity index (χ0) is 9.14. The number of rotatable bonds is 2. The lowest BCUT2D eigenvalue weighted by Crippen LogP contribution is -2.41. The number of aliphatic carboxylic acids is 1. The average molecular weight is 172 g/mol. The Bertz CT molecular complexity index is 204. The van der Waals surface area contributed by atoms with Gasteiger partial charge in [0.15, 0.2) is 6.61 Å². The Morgan fingerprint density at radius 2 is 2.17 bits per heavy atom. The van der Waals surface area contributed by atoms with Crippen LogP contribution in [0, 0.1) is 0 Å². The van der Waals surface area contributed by atoms with Crippen LogP contribution in [-0.4, -0.2) is 41.1 Å². The summed E-state index contributed by atoms with van der Waals surface area (Å²) in [4.78, 5) is 22.6. The SMILES string of the molecule is [O]CC(=O)N1CCCC1C(=O)O. The summed E-state index contributed by atoms with van der Waals surface area (Å²) in [7, 11) is 0.